The molecular formula is C16H32N2O5. The van der Waals surface area contributed by atoms with E-state index in [0.717, 1.165) is 0 Å². The zero-order valence-corrected chi connectivity index (χ0v) is 15.6. The molecule has 0 fully saturated rings. The van der Waals surface area contributed by atoms with Crippen LogP contribution in [0.3, 0.4) is 0 Å². The number of methoxy groups -OCH3 is 1. The standard InChI is InChI=1S/C16H32N2O5/c1-10(23-16(5,6)7)12(14(20)21-8)18-13(19)11(17)9-22-15(2,3)4/h10-12H,9,17H2,1-8H3,(H,18,19)/t10-,11+,12+/m1/s1. The minimum atomic E-state index is -0.938. The van der Waals surface area contributed by atoms with Gasteiger partial charge in [0.2, 0.25) is 5.91 Å². The van der Waals surface area contributed by atoms with E-state index in [1.54, 1.807) is 6.92 Å². The molecule has 0 bridgehead atoms. The molecule has 0 aliphatic rings. The van der Waals surface area contributed by atoms with E-state index in [2.05, 4.69) is 5.32 Å². The molecule has 0 rings (SSSR count). The molecule has 1 amide bonds. The van der Waals surface area contributed by atoms with Gasteiger partial charge in [-0.05, 0) is 48.5 Å². The number of carbonyl (C=O) groups is 2. The molecule has 0 aliphatic heterocycles. The molecule has 7 heteroatoms. The summed E-state index contributed by atoms with van der Waals surface area (Å²) in [7, 11) is 1.26. The van der Waals surface area contributed by atoms with Crippen molar-refractivity contribution in [2.75, 3.05) is 13.7 Å². The van der Waals surface area contributed by atoms with Gasteiger partial charge in [-0.2, -0.15) is 0 Å². The number of hydrogen-bond acceptors (Lipinski definition) is 6. The van der Waals surface area contributed by atoms with Crippen molar-refractivity contribution in [1.82, 2.24) is 5.32 Å². The van der Waals surface area contributed by atoms with Crippen LogP contribution in [-0.2, 0) is 23.8 Å². The van der Waals surface area contributed by atoms with E-state index in [1.807, 2.05) is 41.5 Å². The number of rotatable bonds is 7. The van der Waals surface area contributed by atoms with E-state index in [-0.39, 0.29) is 6.61 Å². The second-order valence-corrected chi connectivity index (χ2v) is 7.47. The van der Waals surface area contributed by atoms with E-state index in [4.69, 9.17) is 19.9 Å². The van der Waals surface area contributed by atoms with Crippen molar-refractivity contribution in [3.63, 3.8) is 0 Å². The van der Waals surface area contributed by atoms with Crippen LogP contribution in [0.5, 0.6) is 0 Å². The molecule has 3 atom stereocenters. The molecule has 7 nitrogen and oxygen atoms in total. The fourth-order valence-corrected chi connectivity index (χ4v) is 1.80. The number of amides is 1. The zero-order valence-electron chi connectivity index (χ0n) is 15.6. The highest BCUT2D eigenvalue weighted by Gasteiger charge is 2.32. The third-order valence-electron chi connectivity index (χ3n) is 2.79. The Labute approximate surface area is 139 Å². The zero-order chi connectivity index (χ0) is 18.4. The average molecular weight is 332 g/mol. The molecule has 0 aromatic heterocycles. The first-order chi connectivity index (χ1) is 10.3. The Morgan fingerprint density at radius 2 is 1.61 bits per heavy atom. The molecule has 0 aliphatic carbocycles. The first kappa shape index (κ1) is 21.8. The Bertz CT molecular complexity index is 398. The van der Waals surface area contributed by atoms with Crippen molar-refractivity contribution >= 4 is 11.9 Å². The third kappa shape index (κ3) is 9.53. The monoisotopic (exact) mass is 332 g/mol. The van der Waals surface area contributed by atoms with Crippen molar-refractivity contribution in [3.05, 3.63) is 0 Å². The molecule has 0 heterocycles. The van der Waals surface area contributed by atoms with Crippen LogP contribution in [0.4, 0.5) is 0 Å². The van der Waals surface area contributed by atoms with Gasteiger partial charge in [0.05, 0.1) is 31.0 Å². The van der Waals surface area contributed by atoms with Gasteiger partial charge in [-0.3, -0.25) is 4.79 Å². The van der Waals surface area contributed by atoms with E-state index >= 15 is 0 Å². The highest BCUT2D eigenvalue weighted by molar-refractivity contribution is 5.87. The largest absolute Gasteiger partial charge is 0.467 e. The molecule has 0 spiro atoms. The lowest BCUT2D eigenvalue weighted by atomic mass is 10.1. The predicted molar refractivity (Wildman–Crippen MR) is 87.9 cm³/mol. The van der Waals surface area contributed by atoms with Crippen LogP contribution in [0.2, 0.25) is 0 Å². The average Bonchev–Trinajstić information content (AvgIpc) is 2.37. The molecular weight excluding hydrogens is 300 g/mol. The smallest absolute Gasteiger partial charge is 0.331 e. The first-order valence-corrected chi connectivity index (χ1v) is 7.72. The van der Waals surface area contributed by atoms with Crippen LogP contribution in [0.15, 0.2) is 0 Å². The maximum atomic E-state index is 12.2. The second kappa shape index (κ2) is 8.61. The molecule has 0 aromatic carbocycles. The van der Waals surface area contributed by atoms with Gasteiger partial charge >= 0.3 is 5.97 Å². The summed E-state index contributed by atoms with van der Waals surface area (Å²) in [5, 5.41) is 2.58. The minimum absolute atomic E-state index is 0.0533. The van der Waals surface area contributed by atoms with Crippen LogP contribution >= 0.6 is 0 Å². The van der Waals surface area contributed by atoms with Gasteiger partial charge < -0.3 is 25.3 Å². The Morgan fingerprint density at radius 3 is 2.00 bits per heavy atom. The van der Waals surface area contributed by atoms with Crippen molar-refractivity contribution in [2.45, 2.75) is 77.9 Å². The van der Waals surface area contributed by atoms with Crippen molar-refractivity contribution in [3.8, 4) is 0 Å². The summed E-state index contributed by atoms with van der Waals surface area (Å²) in [6, 6.07) is -1.82. The van der Waals surface area contributed by atoms with Gasteiger partial charge in [0.25, 0.3) is 0 Å². The second-order valence-electron chi connectivity index (χ2n) is 7.47. The summed E-state index contributed by atoms with van der Waals surface area (Å²) in [6.45, 7) is 13.0. The van der Waals surface area contributed by atoms with Gasteiger partial charge in [-0.1, -0.05) is 0 Å². The molecule has 0 unspecified atom stereocenters. The normalized spacial score (nSPS) is 16.4. The number of carbonyl (C=O) groups excluding carboxylic acids is 2. The lowest BCUT2D eigenvalue weighted by Gasteiger charge is -2.30. The summed E-state index contributed by atoms with van der Waals surface area (Å²) in [5.41, 5.74) is 4.95. The van der Waals surface area contributed by atoms with E-state index in [0.29, 0.717) is 0 Å². The lowest BCUT2D eigenvalue weighted by Crippen LogP contribution is -2.55. The Morgan fingerprint density at radius 1 is 1.09 bits per heavy atom. The number of nitrogens with one attached hydrogen (secondary N) is 1. The molecule has 0 saturated heterocycles. The van der Waals surface area contributed by atoms with Crippen molar-refractivity contribution in [1.29, 1.82) is 0 Å². The number of hydrogen-bond donors (Lipinski definition) is 2. The van der Waals surface area contributed by atoms with E-state index < -0.39 is 41.3 Å². The predicted octanol–water partition coefficient (Wildman–Crippen LogP) is 0.990. The van der Waals surface area contributed by atoms with Crippen LogP contribution in [0, 0.1) is 0 Å². The summed E-state index contributed by atoms with van der Waals surface area (Å²) < 4.78 is 16.0. The van der Waals surface area contributed by atoms with Gasteiger partial charge in [-0.15, -0.1) is 0 Å². The van der Waals surface area contributed by atoms with Crippen LogP contribution in [0.25, 0.3) is 0 Å². The van der Waals surface area contributed by atoms with Crippen molar-refractivity contribution in [2.24, 2.45) is 5.73 Å². The molecule has 3 N–H and O–H groups in total. The summed E-state index contributed by atoms with van der Waals surface area (Å²) in [5.74, 6) is -1.08. The highest BCUT2D eigenvalue weighted by atomic mass is 16.5. The van der Waals surface area contributed by atoms with E-state index in [1.165, 1.54) is 7.11 Å². The van der Waals surface area contributed by atoms with Crippen LogP contribution in [-0.4, -0.2) is 55.0 Å². The molecule has 23 heavy (non-hydrogen) atoms. The minimum Gasteiger partial charge on any atom is -0.467 e. The fourth-order valence-electron chi connectivity index (χ4n) is 1.80. The topological polar surface area (TPSA) is 99.9 Å². The van der Waals surface area contributed by atoms with Crippen LogP contribution < -0.4 is 11.1 Å². The Kier molecular flexibility index (Phi) is 8.17. The van der Waals surface area contributed by atoms with E-state index in [9.17, 15) is 9.59 Å². The first-order valence-electron chi connectivity index (χ1n) is 7.72. The maximum Gasteiger partial charge on any atom is 0.331 e. The summed E-state index contributed by atoms with van der Waals surface area (Å²) >= 11 is 0. The maximum absolute atomic E-state index is 12.2. The van der Waals surface area contributed by atoms with Crippen molar-refractivity contribution < 1.29 is 23.8 Å². The Hall–Kier alpha value is -1.18. The van der Waals surface area contributed by atoms with Gasteiger partial charge in [0.15, 0.2) is 6.04 Å². The number of ether oxygens (including phenoxy) is 3. The lowest BCUT2D eigenvalue weighted by molar-refractivity contribution is -0.154. The SMILES string of the molecule is COC(=O)[C@@H](NC(=O)[C@@H](N)COC(C)(C)C)[C@@H](C)OC(C)(C)C. The van der Waals surface area contributed by atoms with Gasteiger partial charge in [0, 0.05) is 0 Å². The number of esters is 1. The Balaban J connectivity index is 4.83. The molecule has 0 radical (unpaired) electrons. The highest BCUT2D eigenvalue weighted by Crippen LogP contribution is 2.14. The summed E-state index contributed by atoms with van der Waals surface area (Å²) in [4.78, 5) is 24.1. The third-order valence-corrected chi connectivity index (χ3v) is 2.79. The summed E-state index contributed by atoms with van der Waals surface area (Å²) in [6.07, 6.45) is -0.567. The van der Waals surface area contributed by atoms with Gasteiger partial charge in [-0.25, -0.2) is 4.79 Å². The van der Waals surface area contributed by atoms with Crippen LogP contribution in [0.1, 0.15) is 48.5 Å². The molecule has 136 valence electrons. The molecule has 0 saturated carbocycles. The quantitative estimate of drug-likeness (QED) is 0.675. The molecule has 0 aromatic rings. The van der Waals surface area contributed by atoms with Gasteiger partial charge in [0.1, 0.15) is 6.04 Å². The fraction of sp³-hybridized carbons (Fsp3) is 0.875. The number of nitrogens with two attached hydrogens (primary N) is 1.